The Morgan fingerprint density at radius 1 is 0.700 bits per heavy atom. The predicted molar refractivity (Wildman–Crippen MR) is 118 cm³/mol. The second-order valence-electron chi connectivity index (χ2n) is 6.54. The predicted octanol–water partition coefficient (Wildman–Crippen LogP) is 5.67. The van der Waals surface area contributed by atoms with E-state index in [9.17, 15) is 16.8 Å². The van der Waals surface area contributed by atoms with Gasteiger partial charge in [0.05, 0.1) is 13.2 Å². The van der Waals surface area contributed by atoms with Gasteiger partial charge in [-0.05, 0) is 37.1 Å². The molecule has 0 aliphatic carbocycles. The Balaban J connectivity index is 2.63. The van der Waals surface area contributed by atoms with E-state index in [-0.39, 0.29) is 44.2 Å². The van der Waals surface area contributed by atoms with Gasteiger partial charge in [0.15, 0.2) is 0 Å². The van der Waals surface area contributed by atoms with Crippen molar-refractivity contribution in [3.63, 3.8) is 0 Å². The highest BCUT2D eigenvalue weighted by Gasteiger charge is 2.27. The highest BCUT2D eigenvalue weighted by Crippen LogP contribution is 2.37. The van der Waals surface area contributed by atoms with Crippen molar-refractivity contribution in [1.29, 1.82) is 0 Å². The maximum absolute atomic E-state index is 12.8. The molecule has 30 heavy (non-hydrogen) atoms. The van der Waals surface area contributed by atoms with Crippen molar-refractivity contribution in [2.75, 3.05) is 13.2 Å². The van der Waals surface area contributed by atoms with Crippen molar-refractivity contribution < 1.29 is 25.2 Å². The molecule has 0 fully saturated rings. The normalized spacial score (nSPS) is 12.3. The molecule has 0 spiro atoms. The van der Waals surface area contributed by atoms with Gasteiger partial charge in [0, 0.05) is 21.2 Å². The zero-order valence-electron chi connectivity index (χ0n) is 16.7. The van der Waals surface area contributed by atoms with Crippen LogP contribution in [0.5, 0.6) is 0 Å². The van der Waals surface area contributed by atoms with Crippen LogP contribution < -0.4 is 0 Å². The van der Waals surface area contributed by atoms with Crippen LogP contribution in [0.4, 0.5) is 0 Å². The molecule has 0 radical (unpaired) electrons. The molecule has 6 nitrogen and oxygen atoms in total. The minimum Gasteiger partial charge on any atom is -0.266 e. The van der Waals surface area contributed by atoms with Gasteiger partial charge in [0.1, 0.15) is 9.79 Å². The molecule has 0 unspecified atom stereocenters. The standard InChI is InChI=1S/C20H24Cl2O6S2/c1-3-5-11-27-29(23,24)19-13-15(21)7-9-17(19)18-10-8-16(22)14-20(18)30(25,26)28-12-6-4-2/h7-10,13-14H,3-6,11-12H2,1-2H3. The summed E-state index contributed by atoms with van der Waals surface area (Å²) >= 11 is 12.1. The minimum atomic E-state index is -4.18. The SMILES string of the molecule is CCCCOS(=O)(=O)c1cc(Cl)ccc1-c1ccc(Cl)cc1S(=O)(=O)OCCCC. The van der Waals surface area contributed by atoms with Crippen LogP contribution >= 0.6 is 23.2 Å². The van der Waals surface area contributed by atoms with E-state index in [0.717, 1.165) is 12.8 Å². The van der Waals surface area contributed by atoms with Gasteiger partial charge in [0.2, 0.25) is 0 Å². The topological polar surface area (TPSA) is 86.7 Å². The average molecular weight is 495 g/mol. The summed E-state index contributed by atoms with van der Waals surface area (Å²) < 4.78 is 61.4. The Labute approximate surface area is 188 Å². The van der Waals surface area contributed by atoms with Crippen LogP contribution in [0, 0.1) is 0 Å². The quantitative estimate of drug-likeness (QED) is 0.295. The third kappa shape index (κ3) is 6.42. The number of rotatable bonds is 11. The fourth-order valence-electron chi connectivity index (χ4n) is 2.60. The lowest BCUT2D eigenvalue weighted by Gasteiger charge is -2.15. The van der Waals surface area contributed by atoms with Gasteiger partial charge in [0.25, 0.3) is 20.2 Å². The molecule has 2 aromatic rings. The lowest BCUT2D eigenvalue weighted by molar-refractivity contribution is 0.309. The van der Waals surface area contributed by atoms with Crippen LogP contribution in [0.1, 0.15) is 39.5 Å². The fourth-order valence-corrected chi connectivity index (χ4v) is 5.44. The second-order valence-corrected chi connectivity index (χ2v) is 10.6. The number of benzene rings is 2. The molecule has 0 saturated heterocycles. The Morgan fingerprint density at radius 3 is 1.40 bits per heavy atom. The van der Waals surface area contributed by atoms with Crippen LogP contribution in [0.15, 0.2) is 46.2 Å². The fraction of sp³-hybridized carbons (Fsp3) is 0.400. The van der Waals surface area contributed by atoms with Gasteiger partial charge in [-0.25, -0.2) is 0 Å². The third-order valence-corrected chi connectivity index (χ3v) is 7.37. The molecule has 0 aliphatic heterocycles. The molecular formula is C20H24Cl2O6S2. The minimum absolute atomic E-state index is 0.0106. The highest BCUT2D eigenvalue weighted by molar-refractivity contribution is 7.87. The molecule has 0 heterocycles. The lowest BCUT2D eigenvalue weighted by Crippen LogP contribution is -2.12. The maximum Gasteiger partial charge on any atom is 0.297 e. The summed E-state index contributed by atoms with van der Waals surface area (Å²) in [5, 5.41) is 0.350. The zero-order valence-corrected chi connectivity index (χ0v) is 19.9. The summed E-state index contributed by atoms with van der Waals surface area (Å²) in [6.07, 6.45) is 2.63. The van der Waals surface area contributed by atoms with E-state index in [1.165, 1.54) is 36.4 Å². The third-order valence-electron chi connectivity index (χ3n) is 4.19. The largest absolute Gasteiger partial charge is 0.297 e. The van der Waals surface area contributed by atoms with E-state index in [4.69, 9.17) is 31.6 Å². The summed E-state index contributed by atoms with van der Waals surface area (Å²) in [5.41, 5.74) is 0.260. The van der Waals surface area contributed by atoms with Crippen molar-refractivity contribution in [3.8, 4) is 11.1 Å². The first-order chi connectivity index (χ1) is 14.1. The average Bonchev–Trinajstić information content (AvgIpc) is 2.68. The van der Waals surface area contributed by atoms with Crippen LogP contribution in [0.2, 0.25) is 10.0 Å². The van der Waals surface area contributed by atoms with Crippen LogP contribution in [-0.2, 0) is 28.6 Å². The molecule has 10 heteroatoms. The summed E-state index contributed by atoms with van der Waals surface area (Å²) in [6, 6.07) is 8.30. The van der Waals surface area contributed by atoms with Crippen molar-refractivity contribution in [3.05, 3.63) is 46.4 Å². The number of unbranched alkanes of at least 4 members (excludes halogenated alkanes) is 2. The first kappa shape index (κ1) is 25.1. The van der Waals surface area contributed by atoms with Crippen molar-refractivity contribution >= 4 is 43.4 Å². The van der Waals surface area contributed by atoms with E-state index in [1.54, 1.807) is 0 Å². The molecule has 0 atom stereocenters. The molecule has 0 saturated carbocycles. The molecule has 0 N–H and O–H groups in total. The highest BCUT2D eigenvalue weighted by atomic mass is 35.5. The molecule has 2 rings (SSSR count). The summed E-state index contributed by atoms with van der Waals surface area (Å²) in [6.45, 7) is 3.84. The maximum atomic E-state index is 12.8. The Bertz CT molecular complexity index is 995. The molecule has 0 amide bonds. The Kier molecular flexibility index (Phi) is 9.14. The molecule has 166 valence electrons. The Hall–Kier alpha value is -1.16. The van der Waals surface area contributed by atoms with Crippen molar-refractivity contribution in [2.24, 2.45) is 0 Å². The Morgan fingerprint density at radius 2 is 1.07 bits per heavy atom. The van der Waals surface area contributed by atoms with Crippen molar-refractivity contribution in [1.82, 2.24) is 0 Å². The number of hydrogen-bond donors (Lipinski definition) is 0. The smallest absolute Gasteiger partial charge is 0.266 e. The van der Waals surface area contributed by atoms with E-state index < -0.39 is 20.2 Å². The molecule has 2 aromatic carbocycles. The van der Waals surface area contributed by atoms with E-state index in [2.05, 4.69) is 0 Å². The second kappa shape index (κ2) is 10.9. The zero-order chi connectivity index (χ0) is 22.4. The van der Waals surface area contributed by atoms with Gasteiger partial charge in [-0.15, -0.1) is 0 Å². The van der Waals surface area contributed by atoms with Gasteiger partial charge in [-0.2, -0.15) is 16.8 Å². The molecule has 0 aromatic heterocycles. The van der Waals surface area contributed by atoms with Crippen molar-refractivity contribution in [2.45, 2.75) is 49.3 Å². The molecule has 0 bridgehead atoms. The monoisotopic (exact) mass is 494 g/mol. The molecular weight excluding hydrogens is 471 g/mol. The summed E-state index contributed by atoms with van der Waals surface area (Å²) in [4.78, 5) is -0.447. The van der Waals surface area contributed by atoms with Gasteiger partial charge in [-0.3, -0.25) is 8.37 Å². The first-order valence-electron chi connectivity index (χ1n) is 9.50. The van der Waals surface area contributed by atoms with Gasteiger partial charge < -0.3 is 0 Å². The number of halogens is 2. The van der Waals surface area contributed by atoms with Crippen LogP contribution in [0.25, 0.3) is 11.1 Å². The van der Waals surface area contributed by atoms with E-state index >= 15 is 0 Å². The number of hydrogen-bond acceptors (Lipinski definition) is 6. The van der Waals surface area contributed by atoms with E-state index in [0.29, 0.717) is 12.8 Å². The first-order valence-corrected chi connectivity index (χ1v) is 13.1. The molecule has 0 aliphatic rings. The van der Waals surface area contributed by atoms with Crippen LogP contribution in [0.3, 0.4) is 0 Å². The lowest BCUT2D eigenvalue weighted by atomic mass is 10.1. The van der Waals surface area contributed by atoms with Gasteiger partial charge in [-0.1, -0.05) is 62.0 Å². The summed E-state index contributed by atoms with van der Waals surface area (Å²) in [7, 11) is -8.36. The van der Waals surface area contributed by atoms with Gasteiger partial charge >= 0.3 is 0 Å². The van der Waals surface area contributed by atoms with Crippen LogP contribution in [-0.4, -0.2) is 30.0 Å². The summed E-state index contributed by atoms with van der Waals surface area (Å²) in [5.74, 6) is 0. The van der Waals surface area contributed by atoms with E-state index in [1.807, 2.05) is 13.8 Å².